The Hall–Kier alpha value is -2.55. The highest BCUT2D eigenvalue weighted by molar-refractivity contribution is 7.17. The van der Waals surface area contributed by atoms with Crippen molar-refractivity contribution in [3.8, 4) is 5.75 Å². The Morgan fingerprint density at radius 3 is 2.64 bits per heavy atom. The second-order valence-electron chi connectivity index (χ2n) is 6.41. The summed E-state index contributed by atoms with van der Waals surface area (Å²) in [6.07, 6.45) is 0.689. The van der Waals surface area contributed by atoms with Gasteiger partial charge in [-0.25, -0.2) is 18.6 Å². The molecule has 1 heterocycles. The molecule has 1 saturated carbocycles. The van der Waals surface area contributed by atoms with E-state index in [1.165, 1.54) is 17.9 Å². The number of aryl methyl sites for hydroxylation is 1. The van der Waals surface area contributed by atoms with E-state index in [1.54, 1.807) is 13.8 Å². The number of carbonyl (C=O) groups excluding carboxylic acids is 2. The monoisotopic (exact) mass is 410 g/mol. The van der Waals surface area contributed by atoms with Gasteiger partial charge >= 0.3 is 5.97 Å². The van der Waals surface area contributed by atoms with Crippen LogP contribution < -0.4 is 9.64 Å². The molecule has 28 heavy (non-hydrogen) atoms. The molecule has 0 spiro atoms. The number of amides is 1. The van der Waals surface area contributed by atoms with Gasteiger partial charge < -0.3 is 9.47 Å². The van der Waals surface area contributed by atoms with Crippen molar-refractivity contribution in [3.05, 3.63) is 40.4 Å². The summed E-state index contributed by atoms with van der Waals surface area (Å²) >= 11 is 1.09. The lowest BCUT2D eigenvalue weighted by atomic mass is 10.3. The molecule has 3 rings (SSSR count). The zero-order chi connectivity index (χ0) is 20.4. The number of thiazole rings is 1. The topological polar surface area (TPSA) is 68.7 Å². The van der Waals surface area contributed by atoms with E-state index in [2.05, 4.69) is 4.98 Å². The molecule has 1 amide bonds. The summed E-state index contributed by atoms with van der Waals surface area (Å²) < 4.78 is 37.0. The Labute approximate surface area is 165 Å². The van der Waals surface area contributed by atoms with Crippen molar-refractivity contribution < 1.29 is 27.8 Å². The van der Waals surface area contributed by atoms with E-state index in [-0.39, 0.29) is 24.3 Å². The van der Waals surface area contributed by atoms with Gasteiger partial charge in [-0.2, -0.15) is 0 Å². The minimum atomic E-state index is -1.05. The van der Waals surface area contributed by atoms with Crippen LogP contribution in [0.4, 0.5) is 13.9 Å². The van der Waals surface area contributed by atoms with E-state index >= 15 is 0 Å². The van der Waals surface area contributed by atoms with Gasteiger partial charge in [-0.3, -0.25) is 9.69 Å². The lowest BCUT2D eigenvalue weighted by molar-refractivity contribution is -0.124. The third-order valence-electron chi connectivity index (χ3n) is 4.15. The third-order valence-corrected chi connectivity index (χ3v) is 5.29. The van der Waals surface area contributed by atoms with Crippen LogP contribution in [0.3, 0.4) is 0 Å². The quantitative estimate of drug-likeness (QED) is 0.648. The zero-order valence-electron chi connectivity index (χ0n) is 15.7. The summed E-state index contributed by atoms with van der Waals surface area (Å²) in [5, 5.41) is 0.397. The summed E-state index contributed by atoms with van der Waals surface area (Å²) in [5.41, 5.74) is 0.492. The van der Waals surface area contributed by atoms with E-state index in [0.717, 1.165) is 36.3 Å². The predicted molar refractivity (Wildman–Crippen MR) is 99.8 cm³/mol. The van der Waals surface area contributed by atoms with Gasteiger partial charge in [0.2, 0.25) is 0 Å². The smallest absolute Gasteiger partial charge is 0.350 e. The molecule has 6 nitrogen and oxygen atoms in total. The number of hydrogen-bond acceptors (Lipinski definition) is 6. The van der Waals surface area contributed by atoms with Gasteiger partial charge in [0.1, 0.15) is 10.6 Å². The van der Waals surface area contributed by atoms with Crippen LogP contribution in [0.15, 0.2) is 18.2 Å². The van der Waals surface area contributed by atoms with E-state index in [4.69, 9.17) is 9.47 Å². The maximum Gasteiger partial charge on any atom is 0.350 e. The summed E-state index contributed by atoms with van der Waals surface area (Å²) in [7, 11) is 0. The van der Waals surface area contributed by atoms with Gasteiger partial charge in [0.15, 0.2) is 22.9 Å². The van der Waals surface area contributed by atoms with Crippen molar-refractivity contribution in [1.29, 1.82) is 0 Å². The van der Waals surface area contributed by atoms with Gasteiger partial charge in [0.25, 0.3) is 5.91 Å². The number of esters is 1. The number of rotatable bonds is 7. The van der Waals surface area contributed by atoms with Crippen LogP contribution in [0, 0.1) is 18.6 Å². The summed E-state index contributed by atoms with van der Waals surface area (Å²) in [6, 6.07) is 3.07. The molecule has 1 aromatic carbocycles. The lowest BCUT2D eigenvalue weighted by Crippen LogP contribution is -2.42. The fraction of sp³-hybridized carbons (Fsp3) is 0.421. The number of benzene rings is 1. The Balaban J connectivity index is 1.80. The fourth-order valence-corrected chi connectivity index (χ4v) is 3.67. The first kappa shape index (κ1) is 20.2. The number of carbonyl (C=O) groups is 2. The first-order valence-corrected chi connectivity index (χ1v) is 9.72. The number of nitrogens with zero attached hydrogens (tertiary/aromatic N) is 2. The molecule has 0 saturated heterocycles. The standard InChI is InChI=1S/C19H20F2N2O4S/c1-4-26-18(25)16-10(2)22-19(28-16)23(12-5-6-12)17(24)11(3)27-13-7-8-14(20)15(21)9-13/h7-9,11-12H,4-6H2,1-3H3. The fourth-order valence-electron chi connectivity index (χ4n) is 2.63. The third kappa shape index (κ3) is 4.30. The predicted octanol–water partition coefficient (Wildman–Crippen LogP) is 3.87. The summed E-state index contributed by atoms with van der Waals surface area (Å²) in [6.45, 7) is 5.18. The zero-order valence-corrected chi connectivity index (χ0v) is 16.5. The van der Waals surface area contributed by atoms with Crippen LogP contribution in [0.2, 0.25) is 0 Å². The second-order valence-corrected chi connectivity index (χ2v) is 7.38. The van der Waals surface area contributed by atoms with Gasteiger partial charge in [-0.1, -0.05) is 11.3 Å². The average Bonchev–Trinajstić information content (AvgIpc) is 3.40. The van der Waals surface area contributed by atoms with Gasteiger partial charge in [-0.05, 0) is 45.7 Å². The van der Waals surface area contributed by atoms with Crippen LogP contribution in [0.25, 0.3) is 0 Å². The largest absolute Gasteiger partial charge is 0.481 e. The number of hydrogen-bond donors (Lipinski definition) is 0. The Kier molecular flexibility index (Phi) is 5.93. The minimum absolute atomic E-state index is 0.0240. The molecule has 0 radical (unpaired) electrons. The van der Waals surface area contributed by atoms with Gasteiger partial charge in [0, 0.05) is 12.1 Å². The van der Waals surface area contributed by atoms with Crippen molar-refractivity contribution >= 4 is 28.3 Å². The maximum atomic E-state index is 13.4. The molecule has 1 aliphatic carbocycles. The van der Waals surface area contributed by atoms with E-state index < -0.39 is 23.7 Å². The average molecular weight is 410 g/mol. The van der Waals surface area contributed by atoms with Crippen molar-refractivity contribution in [2.24, 2.45) is 0 Å². The van der Waals surface area contributed by atoms with Crippen LogP contribution >= 0.6 is 11.3 Å². The van der Waals surface area contributed by atoms with Gasteiger partial charge in [0.05, 0.1) is 12.3 Å². The molecule has 1 aromatic heterocycles. The van der Waals surface area contributed by atoms with Crippen LogP contribution in [0.1, 0.15) is 42.1 Å². The normalized spacial score (nSPS) is 14.5. The highest BCUT2D eigenvalue weighted by Crippen LogP contribution is 2.36. The SMILES string of the molecule is CCOC(=O)c1sc(N(C(=O)C(C)Oc2ccc(F)c(F)c2)C2CC2)nc1C. The first-order valence-electron chi connectivity index (χ1n) is 8.91. The molecular weight excluding hydrogens is 390 g/mol. The van der Waals surface area contributed by atoms with Crippen LogP contribution in [0.5, 0.6) is 5.75 Å². The van der Waals surface area contributed by atoms with Crippen molar-refractivity contribution in [3.63, 3.8) is 0 Å². The first-order chi connectivity index (χ1) is 13.3. The Morgan fingerprint density at radius 1 is 1.32 bits per heavy atom. The molecule has 0 N–H and O–H groups in total. The summed E-state index contributed by atoms with van der Waals surface area (Å²) in [4.78, 5) is 31.3. The number of ether oxygens (including phenoxy) is 2. The van der Waals surface area contributed by atoms with E-state index in [9.17, 15) is 18.4 Å². The number of aromatic nitrogens is 1. The highest BCUT2D eigenvalue weighted by atomic mass is 32.1. The molecular formula is C19H20F2N2O4S. The van der Waals surface area contributed by atoms with Crippen molar-refractivity contribution in [2.75, 3.05) is 11.5 Å². The van der Waals surface area contributed by atoms with Crippen LogP contribution in [-0.2, 0) is 9.53 Å². The molecule has 1 aliphatic rings. The maximum absolute atomic E-state index is 13.4. The van der Waals surface area contributed by atoms with E-state index in [1.807, 2.05) is 0 Å². The number of halogens is 2. The summed E-state index contributed by atoms with van der Waals surface area (Å²) in [5.74, 6) is -2.83. The molecule has 9 heteroatoms. The van der Waals surface area contributed by atoms with Crippen molar-refractivity contribution in [1.82, 2.24) is 4.98 Å². The molecule has 0 bridgehead atoms. The highest BCUT2D eigenvalue weighted by Gasteiger charge is 2.39. The minimum Gasteiger partial charge on any atom is -0.481 e. The molecule has 150 valence electrons. The van der Waals surface area contributed by atoms with Gasteiger partial charge in [-0.15, -0.1) is 0 Å². The lowest BCUT2D eigenvalue weighted by Gasteiger charge is -2.23. The molecule has 1 atom stereocenters. The van der Waals surface area contributed by atoms with E-state index in [0.29, 0.717) is 15.7 Å². The molecule has 1 fully saturated rings. The number of anilines is 1. The van der Waals surface area contributed by atoms with Crippen LogP contribution in [-0.4, -0.2) is 35.6 Å². The second kappa shape index (κ2) is 8.22. The molecule has 1 unspecified atom stereocenters. The Bertz CT molecular complexity index is 898. The Morgan fingerprint density at radius 2 is 2.04 bits per heavy atom. The van der Waals surface area contributed by atoms with Crippen molar-refractivity contribution in [2.45, 2.75) is 45.8 Å². The molecule has 2 aromatic rings. The molecule has 0 aliphatic heterocycles.